The average molecular weight is 359 g/mol. The van der Waals surface area contributed by atoms with Gasteiger partial charge in [0.1, 0.15) is 0 Å². The lowest BCUT2D eigenvalue weighted by Gasteiger charge is -2.16. The third-order valence-corrected chi connectivity index (χ3v) is 4.33. The summed E-state index contributed by atoms with van der Waals surface area (Å²) in [5, 5.41) is 12.4. The van der Waals surface area contributed by atoms with E-state index in [0.29, 0.717) is 23.1 Å². The van der Waals surface area contributed by atoms with E-state index in [1.165, 1.54) is 0 Å². The third-order valence-electron chi connectivity index (χ3n) is 4.33. The summed E-state index contributed by atoms with van der Waals surface area (Å²) in [5.41, 5.74) is 2.63. The molecule has 0 spiro atoms. The van der Waals surface area contributed by atoms with Gasteiger partial charge in [0.25, 0.3) is 5.91 Å². The Morgan fingerprint density at radius 3 is 1.85 bits per heavy atom. The van der Waals surface area contributed by atoms with Crippen LogP contribution in [0.25, 0.3) is 0 Å². The fraction of sp³-hybridized carbons (Fsp3) is 0.130. The lowest BCUT2D eigenvalue weighted by molar-refractivity contribution is 0.0915. The van der Waals surface area contributed by atoms with E-state index in [9.17, 15) is 14.7 Å². The van der Waals surface area contributed by atoms with E-state index in [2.05, 4.69) is 5.32 Å². The largest absolute Gasteiger partial charge is 0.394 e. The Morgan fingerprint density at radius 2 is 1.26 bits per heavy atom. The number of aliphatic hydroxyl groups excluding tert-OH is 1. The molecule has 0 aromatic heterocycles. The van der Waals surface area contributed by atoms with Crippen LogP contribution < -0.4 is 5.32 Å². The number of rotatable bonds is 7. The topological polar surface area (TPSA) is 66.4 Å². The number of nitrogens with one attached hydrogen (secondary N) is 1. The summed E-state index contributed by atoms with van der Waals surface area (Å²) in [7, 11) is 0. The molecule has 3 rings (SSSR count). The molecule has 0 bridgehead atoms. The van der Waals surface area contributed by atoms with E-state index in [0.717, 1.165) is 5.56 Å². The van der Waals surface area contributed by atoms with Crippen molar-refractivity contribution in [2.75, 3.05) is 6.61 Å². The Kier molecular flexibility index (Phi) is 6.13. The molecule has 0 fully saturated rings. The van der Waals surface area contributed by atoms with E-state index < -0.39 is 0 Å². The van der Waals surface area contributed by atoms with Crippen LogP contribution in [0.4, 0.5) is 0 Å². The summed E-state index contributed by atoms with van der Waals surface area (Å²) in [4.78, 5) is 24.9. The van der Waals surface area contributed by atoms with Gasteiger partial charge in [-0.15, -0.1) is 0 Å². The van der Waals surface area contributed by atoms with Gasteiger partial charge in [0.05, 0.1) is 12.6 Å². The minimum atomic E-state index is -0.370. The summed E-state index contributed by atoms with van der Waals surface area (Å²) in [6.45, 7) is -0.148. The standard InChI is InChI=1S/C23H21NO3/c25-16-21(15-17-7-3-1-4-8-17)24-23(27)20-13-11-19(12-14-20)22(26)18-9-5-2-6-10-18/h1-14,21,25H,15-16H2,(H,24,27)/t21-/m0/s1. The molecule has 136 valence electrons. The second-order valence-electron chi connectivity index (χ2n) is 6.32. The molecule has 27 heavy (non-hydrogen) atoms. The first-order valence-corrected chi connectivity index (χ1v) is 8.83. The predicted molar refractivity (Wildman–Crippen MR) is 105 cm³/mol. The van der Waals surface area contributed by atoms with E-state index in [1.54, 1.807) is 36.4 Å². The highest BCUT2D eigenvalue weighted by Gasteiger charge is 2.15. The Balaban J connectivity index is 1.65. The molecule has 1 atom stereocenters. The zero-order valence-electron chi connectivity index (χ0n) is 14.8. The van der Waals surface area contributed by atoms with Gasteiger partial charge in [-0.2, -0.15) is 0 Å². The summed E-state index contributed by atoms with van der Waals surface area (Å²) < 4.78 is 0. The first-order chi connectivity index (χ1) is 13.2. The van der Waals surface area contributed by atoms with Crippen LogP contribution >= 0.6 is 0 Å². The molecule has 0 heterocycles. The molecule has 0 aliphatic heterocycles. The lowest BCUT2D eigenvalue weighted by Crippen LogP contribution is -2.39. The Hall–Kier alpha value is -3.24. The van der Waals surface area contributed by atoms with Crippen LogP contribution in [-0.4, -0.2) is 29.4 Å². The van der Waals surface area contributed by atoms with Crippen LogP contribution in [0.15, 0.2) is 84.9 Å². The number of carbonyl (C=O) groups is 2. The fourth-order valence-electron chi connectivity index (χ4n) is 2.86. The summed E-state index contributed by atoms with van der Waals surface area (Å²) in [6.07, 6.45) is 0.549. The van der Waals surface area contributed by atoms with Crippen LogP contribution in [-0.2, 0) is 6.42 Å². The van der Waals surface area contributed by atoms with Crippen molar-refractivity contribution in [3.8, 4) is 0 Å². The van der Waals surface area contributed by atoms with Crippen LogP contribution in [0.2, 0.25) is 0 Å². The summed E-state index contributed by atoms with van der Waals surface area (Å²) >= 11 is 0. The van der Waals surface area contributed by atoms with Gasteiger partial charge >= 0.3 is 0 Å². The minimum absolute atomic E-state index is 0.0835. The van der Waals surface area contributed by atoms with Gasteiger partial charge in [0.15, 0.2) is 5.78 Å². The molecule has 0 radical (unpaired) electrons. The van der Waals surface area contributed by atoms with Gasteiger partial charge in [0, 0.05) is 16.7 Å². The fourth-order valence-corrected chi connectivity index (χ4v) is 2.86. The lowest BCUT2D eigenvalue weighted by atomic mass is 10.0. The van der Waals surface area contributed by atoms with Crippen molar-refractivity contribution in [3.05, 3.63) is 107 Å². The molecule has 1 amide bonds. The highest BCUT2D eigenvalue weighted by Crippen LogP contribution is 2.12. The van der Waals surface area contributed by atoms with Gasteiger partial charge in [-0.1, -0.05) is 72.8 Å². The first kappa shape index (κ1) is 18.5. The Labute approximate surface area is 158 Å². The first-order valence-electron chi connectivity index (χ1n) is 8.83. The molecule has 0 aliphatic rings. The van der Waals surface area contributed by atoms with Crippen molar-refractivity contribution in [1.29, 1.82) is 0 Å². The normalized spacial score (nSPS) is 11.6. The van der Waals surface area contributed by atoms with Gasteiger partial charge in [-0.25, -0.2) is 0 Å². The predicted octanol–water partition coefficient (Wildman–Crippen LogP) is 3.25. The highest BCUT2D eigenvalue weighted by molar-refractivity contribution is 6.09. The van der Waals surface area contributed by atoms with E-state index in [4.69, 9.17) is 0 Å². The van der Waals surface area contributed by atoms with Crippen LogP contribution in [0.5, 0.6) is 0 Å². The molecule has 0 saturated heterocycles. The Bertz CT molecular complexity index is 890. The second kappa shape index (κ2) is 8.92. The average Bonchev–Trinajstić information content (AvgIpc) is 2.74. The zero-order valence-corrected chi connectivity index (χ0v) is 14.8. The number of hydrogen-bond donors (Lipinski definition) is 2. The van der Waals surface area contributed by atoms with E-state index in [-0.39, 0.29) is 24.3 Å². The molecule has 3 aromatic carbocycles. The van der Waals surface area contributed by atoms with Crippen molar-refractivity contribution >= 4 is 11.7 Å². The maximum Gasteiger partial charge on any atom is 0.251 e. The molecular formula is C23H21NO3. The second-order valence-corrected chi connectivity index (χ2v) is 6.32. The van der Waals surface area contributed by atoms with Gasteiger partial charge in [-0.05, 0) is 24.1 Å². The molecule has 0 saturated carbocycles. The molecule has 3 aromatic rings. The maximum atomic E-state index is 12.4. The Morgan fingerprint density at radius 1 is 0.741 bits per heavy atom. The number of hydrogen-bond acceptors (Lipinski definition) is 3. The van der Waals surface area contributed by atoms with Crippen molar-refractivity contribution in [2.24, 2.45) is 0 Å². The van der Waals surface area contributed by atoms with Crippen LogP contribution in [0.3, 0.4) is 0 Å². The number of aliphatic hydroxyl groups is 1. The zero-order chi connectivity index (χ0) is 19.1. The number of amides is 1. The SMILES string of the molecule is O=C(N[C@H](CO)Cc1ccccc1)c1ccc(C(=O)c2ccccc2)cc1. The molecular weight excluding hydrogens is 338 g/mol. The van der Waals surface area contributed by atoms with Crippen molar-refractivity contribution in [1.82, 2.24) is 5.32 Å². The monoisotopic (exact) mass is 359 g/mol. The van der Waals surface area contributed by atoms with Gasteiger partial charge in [0.2, 0.25) is 0 Å². The van der Waals surface area contributed by atoms with Crippen molar-refractivity contribution < 1.29 is 14.7 Å². The third kappa shape index (κ3) is 4.90. The van der Waals surface area contributed by atoms with Crippen LogP contribution in [0.1, 0.15) is 31.8 Å². The summed E-state index contributed by atoms with van der Waals surface area (Å²) in [6, 6.07) is 24.9. The molecule has 0 aliphatic carbocycles. The van der Waals surface area contributed by atoms with Crippen LogP contribution in [0, 0.1) is 0 Å². The minimum Gasteiger partial charge on any atom is -0.394 e. The molecule has 2 N–H and O–H groups in total. The number of benzene rings is 3. The summed E-state index contributed by atoms with van der Waals surface area (Å²) in [5.74, 6) is -0.358. The van der Waals surface area contributed by atoms with E-state index in [1.807, 2.05) is 48.5 Å². The molecule has 0 unspecified atom stereocenters. The number of ketones is 1. The molecule has 4 nitrogen and oxygen atoms in total. The smallest absolute Gasteiger partial charge is 0.251 e. The van der Waals surface area contributed by atoms with E-state index >= 15 is 0 Å². The highest BCUT2D eigenvalue weighted by atomic mass is 16.3. The molecule has 4 heteroatoms. The quantitative estimate of drug-likeness (QED) is 0.637. The van der Waals surface area contributed by atoms with Gasteiger partial charge in [-0.3, -0.25) is 9.59 Å². The van der Waals surface area contributed by atoms with Gasteiger partial charge < -0.3 is 10.4 Å². The maximum absolute atomic E-state index is 12.4. The van der Waals surface area contributed by atoms with Crippen molar-refractivity contribution in [3.63, 3.8) is 0 Å². The number of carbonyl (C=O) groups excluding carboxylic acids is 2. The van der Waals surface area contributed by atoms with Crippen molar-refractivity contribution in [2.45, 2.75) is 12.5 Å².